The third kappa shape index (κ3) is 7.91. The first-order chi connectivity index (χ1) is 21.3. The van der Waals surface area contributed by atoms with Crippen LogP contribution in [0.5, 0.6) is 5.75 Å². The standard InChI is InChI=1S/C36H40N2O6/c1-24-33(22-38(2)21-32(41)30-9-6-10-31(40)19-30)43-36(44-34(24)27-15-13-26(23-39)14-16-27)29-17-11-25(12-18-29)20-37-35(42)28-7-4-3-5-8-28/h3-19,24,32-34,36,39-41H,20-23H2,1-2H3,(H,37,42)/t24-,32+,33+,34+,36+/m0/s1. The molecule has 1 heterocycles. The summed E-state index contributed by atoms with van der Waals surface area (Å²) in [4.78, 5) is 14.5. The molecule has 1 aliphatic rings. The molecule has 4 N–H and O–H groups in total. The monoisotopic (exact) mass is 596 g/mol. The number of aliphatic hydroxyl groups is 2. The van der Waals surface area contributed by atoms with E-state index < -0.39 is 12.4 Å². The maximum Gasteiger partial charge on any atom is 0.251 e. The Kier molecular flexibility index (Phi) is 10.4. The Morgan fingerprint density at radius 1 is 0.886 bits per heavy atom. The lowest BCUT2D eigenvalue weighted by molar-refractivity contribution is -0.276. The maximum atomic E-state index is 12.5. The summed E-state index contributed by atoms with van der Waals surface area (Å²) in [5.74, 6) is -0.0223. The van der Waals surface area contributed by atoms with Gasteiger partial charge in [0.15, 0.2) is 6.29 Å². The van der Waals surface area contributed by atoms with Gasteiger partial charge in [-0.1, -0.05) is 85.8 Å². The fourth-order valence-electron chi connectivity index (χ4n) is 5.51. The second-order valence-corrected chi connectivity index (χ2v) is 11.4. The number of phenols is 1. The molecule has 0 saturated carbocycles. The molecule has 0 spiro atoms. The SMILES string of the molecule is C[C@H]1[C@@H](CN(C)C[C@@H](O)c2cccc(O)c2)O[C@@H](c2ccc(CNC(=O)c3ccccc3)cc2)O[C@H]1c1ccc(CO)cc1. The highest BCUT2D eigenvalue weighted by atomic mass is 16.7. The largest absolute Gasteiger partial charge is 0.508 e. The third-order valence-corrected chi connectivity index (χ3v) is 8.10. The summed E-state index contributed by atoms with van der Waals surface area (Å²) in [6.07, 6.45) is -1.88. The van der Waals surface area contributed by atoms with E-state index in [0.717, 1.165) is 22.3 Å². The molecule has 0 bridgehead atoms. The molecular formula is C36H40N2O6. The molecule has 0 unspecified atom stereocenters. The molecule has 1 amide bonds. The number of nitrogens with zero attached hydrogens (tertiary/aromatic N) is 1. The average Bonchev–Trinajstić information content (AvgIpc) is 3.05. The van der Waals surface area contributed by atoms with Gasteiger partial charge in [-0.2, -0.15) is 0 Å². The predicted molar refractivity (Wildman–Crippen MR) is 168 cm³/mol. The number of carbonyl (C=O) groups excluding carboxylic acids is 1. The summed E-state index contributed by atoms with van der Waals surface area (Å²) in [6.45, 7) is 3.38. The number of amides is 1. The van der Waals surface area contributed by atoms with Gasteiger partial charge in [0.1, 0.15) is 5.75 Å². The van der Waals surface area contributed by atoms with E-state index in [9.17, 15) is 20.1 Å². The van der Waals surface area contributed by atoms with Gasteiger partial charge in [0.05, 0.1) is 24.9 Å². The van der Waals surface area contributed by atoms with Gasteiger partial charge in [0.25, 0.3) is 5.91 Å². The van der Waals surface area contributed by atoms with Gasteiger partial charge < -0.3 is 35.0 Å². The fourth-order valence-corrected chi connectivity index (χ4v) is 5.51. The van der Waals surface area contributed by atoms with E-state index in [4.69, 9.17) is 9.47 Å². The molecular weight excluding hydrogens is 556 g/mol. The van der Waals surface area contributed by atoms with Crippen LogP contribution in [0.2, 0.25) is 0 Å². The number of hydrogen-bond donors (Lipinski definition) is 4. The Bertz CT molecular complexity index is 1500. The Morgan fingerprint density at radius 3 is 2.25 bits per heavy atom. The first-order valence-corrected chi connectivity index (χ1v) is 14.9. The van der Waals surface area contributed by atoms with Crippen molar-refractivity contribution in [2.24, 2.45) is 5.92 Å². The molecule has 44 heavy (non-hydrogen) atoms. The number of rotatable bonds is 11. The number of likely N-dealkylation sites (N-methyl/N-ethyl adjacent to an activating group) is 1. The van der Waals surface area contributed by atoms with Crippen LogP contribution in [0.1, 0.15) is 63.6 Å². The van der Waals surface area contributed by atoms with Crippen LogP contribution in [0, 0.1) is 5.92 Å². The van der Waals surface area contributed by atoms with E-state index in [-0.39, 0.29) is 36.4 Å². The van der Waals surface area contributed by atoms with Gasteiger partial charge in [-0.3, -0.25) is 4.79 Å². The smallest absolute Gasteiger partial charge is 0.251 e. The molecule has 4 aromatic carbocycles. The van der Waals surface area contributed by atoms with Crippen LogP contribution in [0.3, 0.4) is 0 Å². The van der Waals surface area contributed by atoms with Crippen LogP contribution in [0.4, 0.5) is 0 Å². The van der Waals surface area contributed by atoms with Gasteiger partial charge in [0.2, 0.25) is 0 Å². The van der Waals surface area contributed by atoms with Crippen molar-refractivity contribution < 1.29 is 29.6 Å². The van der Waals surface area contributed by atoms with Crippen LogP contribution in [0.25, 0.3) is 0 Å². The number of benzene rings is 4. The molecule has 1 fully saturated rings. The lowest BCUT2D eigenvalue weighted by Gasteiger charge is -2.42. The number of nitrogens with one attached hydrogen (secondary N) is 1. The van der Waals surface area contributed by atoms with Gasteiger partial charge in [-0.15, -0.1) is 0 Å². The molecule has 8 heteroatoms. The van der Waals surface area contributed by atoms with E-state index in [0.29, 0.717) is 30.8 Å². The highest BCUT2D eigenvalue weighted by Crippen LogP contribution is 2.42. The van der Waals surface area contributed by atoms with Crippen molar-refractivity contribution in [2.75, 3.05) is 20.1 Å². The van der Waals surface area contributed by atoms with E-state index in [1.807, 2.05) is 78.7 Å². The number of phenolic OH excluding ortho intramolecular Hbond substituents is 1. The summed E-state index contributed by atoms with van der Waals surface area (Å²) in [5, 5.41) is 33.1. The van der Waals surface area contributed by atoms with Gasteiger partial charge in [-0.25, -0.2) is 0 Å². The van der Waals surface area contributed by atoms with Gasteiger partial charge >= 0.3 is 0 Å². The Balaban J connectivity index is 1.29. The summed E-state index contributed by atoms with van der Waals surface area (Å²) >= 11 is 0. The van der Waals surface area contributed by atoms with Gasteiger partial charge in [0, 0.05) is 36.7 Å². The second kappa shape index (κ2) is 14.6. The Labute approximate surface area is 258 Å². The van der Waals surface area contributed by atoms with Crippen molar-refractivity contribution in [3.8, 4) is 5.75 Å². The highest BCUT2D eigenvalue weighted by Gasteiger charge is 2.39. The van der Waals surface area contributed by atoms with Crippen molar-refractivity contribution in [1.29, 1.82) is 0 Å². The lowest BCUT2D eigenvalue weighted by Crippen LogP contribution is -2.44. The van der Waals surface area contributed by atoms with Crippen molar-refractivity contribution in [3.63, 3.8) is 0 Å². The van der Waals surface area contributed by atoms with E-state index >= 15 is 0 Å². The van der Waals surface area contributed by atoms with Crippen LogP contribution < -0.4 is 5.32 Å². The fraction of sp³-hybridized carbons (Fsp3) is 0.306. The normalized spacial score (nSPS) is 20.8. The summed E-state index contributed by atoms with van der Waals surface area (Å²) < 4.78 is 13.1. The average molecular weight is 597 g/mol. The van der Waals surface area contributed by atoms with E-state index in [1.165, 1.54) is 0 Å². The van der Waals surface area contributed by atoms with Crippen LogP contribution >= 0.6 is 0 Å². The highest BCUT2D eigenvalue weighted by molar-refractivity contribution is 5.94. The van der Waals surface area contributed by atoms with Crippen LogP contribution in [-0.2, 0) is 22.6 Å². The molecule has 0 aromatic heterocycles. The van der Waals surface area contributed by atoms with Crippen molar-refractivity contribution in [2.45, 2.75) is 44.7 Å². The maximum absolute atomic E-state index is 12.5. The Hall–Kier alpha value is -4.05. The minimum absolute atomic E-state index is 0.0148. The van der Waals surface area contributed by atoms with Crippen molar-refractivity contribution in [1.82, 2.24) is 10.2 Å². The van der Waals surface area contributed by atoms with Crippen molar-refractivity contribution in [3.05, 3.63) is 137 Å². The molecule has 230 valence electrons. The lowest BCUT2D eigenvalue weighted by atomic mass is 9.90. The van der Waals surface area contributed by atoms with E-state index in [1.54, 1.807) is 36.4 Å². The summed E-state index contributed by atoms with van der Waals surface area (Å²) in [7, 11) is 1.94. The quantitative estimate of drug-likeness (QED) is 0.187. The molecule has 0 aliphatic carbocycles. The first-order valence-electron chi connectivity index (χ1n) is 14.9. The van der Waals surface area contributed by atoms with Crippen LogP contribution in [-0.4, -0.2) is 52.4 Å². The topological polar surface area (TPSA) is 111 Å². The summed E-state index contributed by atoms with van der Waals surface area (Å²) in [6, 6.07) is 31.4. The zero-order chi connectivity index (χ0) is 31.1. The number of aromatic hydroxyl groups is 1. The number of hydrogen-bond acceptors (Lipinski definition) is 7. The van der Waals surface area contributed by atoms with Crippen molar-refractivity contribution >= 4 is 5.91 Å². The summed E-state index contributed by atoms with van der Waals surface area (Å²) in [5.41, 5.74) is 4.91. The zero-order valence-electron chi connectivity index (χ0n) is 25.0. The number of carbonyl (C=O) groups is 1. The minimum Gasteiger partial charge on any atom is -0.508 e. The first kappa shape index (κ1) is 31.4. The molecule has 1 saturated heterocycles. The molecule has 5 rings (SSSR count). The second-order valence-electron chi connectivity index (χ2n) is 11.4. The molecule has 8 nitrogen and oxygen atoms in total. The van der Waals surface area contributed by atoms with Crippen LogP contribution in [0.15, 0.2) is 103 Å². The minimum atomic E-state index is -0.769. The van der Waals surface area contributed by atoms with Gasteiger partial charge in [-0.05, 0) is 53.6 Å². The molecule has 4 aromatic rings. The third-order valence-electron chi connectivity index (χ3n) is 8.10. The zero-order valence-corrected chi connectivity index (χ0v) is 25.0. The Morgan fingerprint density at radius 2 is 1.57 bits per heavy atom. The molecule has 1 aliphatic heterocycles. The van der Waals surface area contributed by atoms with E-state index in [2.05, 4.69) is 12.2 Å². The molecule has 5 atom stereocenters. The predicted octanol–water partition coefficient (Wildman–Crippen LogP) is 5.27. The number of aliphatic hydroxyl groups excluding tert-OH is 2. The number of ether oxygens (including phenoxy) is 2. The molecule has 0 radical (unpaired) electrons.